The first-order valence-electron chi connectivity index (χ1n) is 9.86. The van der Waals surface area contributed by atoms with Crippen LogP contribution in [0, 0.1) is 5.41 Å². The van der Waals surface area contributed by atoms with E-state index >= 15 is 0 Å². The molecule has 1 aliphatic heterocycles. The predicted molar refractivity (Wildman–Crippen MR) is 106 cm³/mol. The van der Waals surface area contributed by atoms with Gasteiger partial charge < -0.3 is 25.4 Å². The standard InChI is InChI=1S/C21H31N3O4/c1-5-28-17-12-21(22,20(17,2)3)19(26)23-16-10-11-24(18(16)25)13-14-6-8-15(27-4)9-7-14/h6-9,16-17H,5,10-13,22H2,1-4H3,(H,23,26). The van der Waals surface area contributed by atoms with Crippen molar-refractivity contribution in [1.29, 1.82) is 0 Å². The van der Waals surface area contributed by atoms with Gasteiger partial charge >= 0.3 is 0 Å². The van der Waals surface area contributed by atoms with Crippen LogP contribution in [0.1, 0.15) is 39.2 Å². The van der Waals surface area contributed by atoms with Crippen LogP contribution in [0.2, 0.25) is 0 Å². The van der Waals surface area contributed by atoms with Gasteiger partial charge in [-0.05, 0) is 31.0 Å². The number of carbonyl (C=O) groups excluding carboxylic acids is 2. The molecule has 0 radical (unpaired) electrons. The van der Waals surface area contributed by atoms with E-state index in [-0.39, 0.29) is 17.9 Å². The van der Waals surface area contributed by atoms with Crippen LogP contribution in [0.15, 0.2) is 24.3 Å². The van der Waals surface area contributed by atoms with Gasteiger partial charge in [0.05, 0.1) is 13.2 Å². The Morgan fingerprint density at radius 3 is 2.57 bits per heavy atom. The maximum atomic E-state index is 12.9. The number of nitrogens with zero attached hydrogens (tertiary/aromatic N) is 1. The second-order valence-electron chi connectivity index (χ2n) is 8.26. The van der Waals surface area contributed by atoms with Gasteiger partial charge in [-0.25, -0.2) is 0 Å². The van der Waals surface area contributed by atoms with Crippen molar-refractivity contribution in [2.45, 2.75) is 57.8 Å². The van der Waals surface area contributed by atoms with E-state index in [2.05, 4.69) is 5.32 Å². The van der Waals surface area contributed by atoms with E-state index in [0.717, 1.165) is 11.3 Å². The Morgan fingerprint density at radius 2 is 2.00 bits per heavy atom. The number of amides is 2. The van der Waals surface area contributed by atoms with E-state index in [1.807, 2.05) is 45.0 Å². The molecule has 0 bridgehead atoms. The van der Waals surface area contributed by atoms with Crippen molar-refractivity contribution in [3.05, 3.63) is 29.8 Å². The summed E-state index contributed by atoms with van der Waals surface area (Å²) < 4.78 is 10.8. The fraction of sp³-hybridized carbons (Fsp3) is 0.619. The molecule has 1 saturated carbocycles. The van der Waals surface area contributed by atoms with Gasteiger partial charge in [0.1, 0.15) is 17.3 Å². The smallest absolute Gasteiger partial charge is 0.245 e. The fourth-order valence-electron chi connectivity index (χ4n) is 4.09. The highest BCUT2D eigenvalue weighted by atomic mass is 16.5. The molecule has 7 heteroatoms. The Kier molecular flexibility index (Phi) is 5.68. The monoisotopic (exact) mass is 389 g/mol. The molecule has 1 heterocycles. The zero-order valence-corrected chi connectivity index (χ0v) is 17.2. The molecule has 0 spiro atoms. The normalized spacial score (nSPS) is 28.8. The lowest BCUT2D eigenvalue weighted by molar-refractivity contribution is -0.171. The largest absolute Gasteiger partial charge is 0.497 e. The molecular weight excluding hydrogens is 358 g/mol. The first-order chi connectivity index (χ1) is 13.2. The third-order valence-corrected chi connectivity index (χ3v) is 6.37. The number of likely N-dealkylation sites (tertiary alicyclic amines) is 1. The molecule has 28 heavy (non-hydrogen) atoms. The lowest BCUT2D eigenvalue weighted by Crippen LogP contribution is -2.76. The van der Waals surface area contributed by atoms with Gasteiger partial charge in [-0.3, -0.25) is 9.59 Å². The lowest BCUT2D eigenvalue weighted by atomic mass is 9.54. The molecule has 1 aromatic rings. The Balaban J connectivity index is 1.58. The molecule has 2 aliphatic rings. The summed E-state index contributed by atoms with van der Waals surface area (Å²) in [6.07, 6.45) is 1.02. The fourth-order valence-corrected chi connectivity index (χ4v) is 4.09. The van der Waals surface area contributed by atoms with E-state index < -0.39 is 17.0 Å². The van der Waals surface area contributed by atoms with Crippen molar-refractivity contribution in [2.24, 2.45) is 11.1 Å². The zero-order valence-electron chi connectivity index (χ0n) is 17.2. The minimum Gasteiger partial charge on any atom is -0.497 e. The highest BCUT2D eigenvalue weighted by Crippen LogP contribution is 2.49. The molecule has 1 aliphatic carbocycles. The third kappa shape index (κ3) is 3.49. The van der Waals surface area contributed by atoms with E-state index in [1.54, 1.807) is 12.0 Å². The van der Waals surface area contributed by atoms with Crippen LogP contribution in [0.4, 0.5) is 0 Å². The highest BCUT2D eigenvalue weighted by molar-refractivity contribution is 5.94. The van der Waals surface area contributed by atoms with Gasteiger partial charge in [0, 0.05) is 31.5 Å². The predicted octanol–water partition coefficient (Wildman–Crippen LogP) is 1.44. The SMILES string of the molecule is CCOC1CC(N)(C(=O)NC2CCN(Cc3ccc(OC)cc3)C2=O)C1(C)C. The Hall–Kier alpha value is -2.12. The first kappa shape index (κ1) is 20.6. The van der Waals surface area contributed by atoms with Crippen molar-refractivity contribution in [1.82, 2.24) is 10.2 Å². The number of rotatable bonds is 7. The van der Waals surface area contributed by atoms with Gasteiger partial charge in [-0.1, -0.05) is 26.0 Å². The lowest BCUT2D eigenvalue weighted by Gasteiger charge is -2.57. The van der Waals surface area contributed by atoms with E-state index in [4.69, 9.17) is 15.2 Å². The van der Waals surface area contributed by atoms with E-state index in [1.165, 1.54) is 0 Å². The average molecular weight is 389 g/mol. The average Bonchev–Trinajstić information content (AvgIpc) is 3.01. The molecule has 3 N–H and O–H groups in total. The summed E-state index contributed by atoms with van der Waals surface area (Å²) in [7, 11) is 1.62. The summed E-state index contributed by atoms with van der Waals surface area (Å²) in [6, 6.07) is 7.12. The van der Waals surface area contributed by atoms with Gasteiger partial charge in [0.15, 0.2) is 0 Å². The number of methoxy groups -OCH3 is 1. The van der Waals surface area contributed by atoms with Crippen LogP contribution < -0.4 is 15.8 Å². The molecule has 154 valence electrons. The number of benzene rings is 1. The van der Waals surface area contributed by atoms with Crippen LogP contribution in [-0.2, 0) is 20.9 Å². The van der Waals surface area contributed by atoms with E-state index in [0.29, 0.717) is 32.5 Å². The molecule has 3 unspecified atom stereocenters. The maximum Gasteiger partial charge on any atom is 0.245 e. The number of ether oxygens (including phenoxy) is 2. The zero-order chi connectivity index (χ0) is 20.5. The number of carbonyl (C=O) groups is 2. The quantitative estimate of drug-likeness (QED) is 0.736. The van der Waals surface area contributed by atoms with Crippen molar-refractivity contribution < 1.29 is 19.1 Å². The number of nitrogens with one attached hydrogen (secondary N) is 1. The molecule has 7 nitrogen and oxygen atoms in total. The van der Waals surface area contributed by atoms with Crippen LogP contribution in [0.5, 0.6) is 5.75 Å². The van der Waals surface area contributed by atoms with Crippen molar-refractivity contribution >= 4 is 11.8 Å². The Labute approximate surface area is 166 Å². The maximum absolute atomic E-state index is 12.9. The van der Waals surface area contributed by atoms with Crippen LogP contribution >= 0.6 is 0 Å². The minimum absolute atomic E-state index is 0.0425. The molecule has 1 aromatic carbocycles. The molecular formula is C21H31N3O4. The first-order valence-corrected chi connectivity index (χ1v) is 9.86. The Bertz CT molecular complexity index is 734. The Morgan fingerprint density at radius 1 is 1.32 bits per heavy atom. The van der Waals surface area contributed by atoms with Gasteiger partial charge in [-0.2, -0.15) is 0 Å². The van der Waals surface area contributed by atoms with Crippen molar-refractivity contribution in [3.63, 3.8) is 0 Å². The molecule has 2 fully saturated rings. The summed E-state index contributed by atoms with van der Waals surface area (Å²) in [5, 5.41) is 2.89. The molecule has 2 amide bonds. The van der Waals surface area contributed by atoms with Gasteiger partial charge in [-0.15, -0.1) is 0 Å². The summed E-state index contributed by atoms with van der Waals surface area (Å²) in [5.74, 6) is 0.452. The number of nitrogens with two attached hydrogens (primary N) is 1. The van der Waals surface area contributed by atoms with Crippen LogP contribution in [0.25, 0.3) is 0 Å². The molecule has 0 aromatic heterocycles. The third-order valence-electron chi connectivity index (χ3n) is 6.37. The highest BCUT2D eigenvalue weighted by Gasteiger charge is 2.63. The second-order valence-corrected chi connectivity index (χ2v) is 8.26. The summed E-state index contributed by atoms with van der Waals surface area (Å²) >= 11 is 0. The summed E-state index contributed by atoms with van der Waals surface area (Å²) in [6.45, 7) is 7.54. The van der Waals surface area contributed by atoms with E-state index in [9.17, 15) is 9.59 Å². The molecule has 3 rings (SSSR count). The minimum atomic E-state index is -1.02. The molecule has 1 saturated heterocycles. The van der Waals surface area contributed by atoms with Gasteiger partial charge in [0.2, 0.25) is 11.8 Å². The van der Waals surface area contributed by atoms with Gasteiger partial charge in [0.25, 0.3) is 0 Å². The number of hydrogen-bond acceptors (Lipinski definition) is 5. The summed E-state index contributed by atoms with van der Waals surface area (Å²) in [5.41, 5.74) is 5.96. The summed E-state index contributed by atoms with van der Waals surface area (Å²) in [4.78, 5) is 27.4. The van der Waals surface area contributed by atoms with Crippen LogP contribution in [-0.4, -0.2) is 54.7 Å². The van der Waals surface area contributed by atoms with Crippen molar-refractivity contribution in [2.75, 3.05) is 20.3 Å². The second kappa shape index (κ2) is 7.72. The number of hydrogen-bond donors (Lipinski definition) is 2. The van der Waals surface area contributed by atoms with Crippen molar-refractivity contribution in [3.8, 4) is 5.75 Å². The topological polar surface area (TPSA) is 93.9 Å². The molecule has 3 atom stereocenters. The van der Waals surface area contributed by atoms with Crippen LogP contribution in [0.3, 0.4) is 0 Å².